The predicted octanol–water partition coefficient (Wildman–Crippen LogP) is 4.14. The standard InChI is InChI=1S/C23H21FN2O3/c1-28-22-14-19(5-7-21(22)29-16-18-9-11-25-12-10-18)15-26-23(27)8-6-17-3-2-4-20(24)13-17/h2-14H,15-16H2,1H3,(H,26,27). The number of halogens is 1. The van der Waals surface area contributed by atoms with Crippen molar-refractivity contribution in [1.82, 2.24) is 10.3 Å². The van der Waals surface area contributed by atoms with E-state index in [4.69, 9.17) is 9.47 Å². The topological polar surface area (TPSA) is 60.5 Å². The zero-order chi connectivity index (χ0) is 20.5. The van der Waals surface area contributed by atoms with E-state index in [-0.39, 0.29) is 11.7 Å². The lowest BCUT2D eigenvalue weighted by Crippen LogP contribution is -2.20. The molecule has 0 atom stereocenters. The van der Waals surface area contributed by atoms with Crippen LogP contribution < -0.4 is 14.8 Å². The highest BCUT2D eigenvalue weighted by Gasteiger charge is 2.07. The first-order valence-corrected chi connectivity index (χ1v) is 9.04. The van der Waals surface area contributed by atoms with Gasteiger partial charge in [-0.3, -0.25) is 9.78 Å². The Hall–Kier alpha value is -3.67. The smallest absolute Gasteiger partial charge is 0.244 e. The molecule has 0 aliphatic heterocycles. The molecule has 3 aromatic rings. The van der Waals surface area contributed by atoms with Crippen LogP contribution in [0.3, 0.4) is 0 Å². The Kier molecular flexibility index (Phi) is 6.95. The van der Waals surface area contributed by atoms with Crippen LogP contribution in [-0.2, 0) is 17.9 Å². The van der Waals surface area contributed by atoms with E-state index in [0.717, 1.165) is 11.1 Å². The SMILES string of the molecule is COc1cc(CNC(=O)C=Cc2cccc(F)c2)ccc1OCc1ccncc1. The molecule has 0 bridgehead atoms. The van der Waals surface area contributed by atoms with Crippen molar-refractivity contribution in [2.24, 2.45) is 0 Å². The molecule has 0 saturated heterocycles. The van der Waals surface area contributed by atoms with Gasteiger partial charge in [0.2, 0.25) is 5.91 Å². The third-order valence-electron chi connectivity index (χ3n) is 4.11. The number of hydrogen-bond acceptors (Lipinski definition) is 4. The number of nitrogens with one attached hydrogen (secondary N) is 1. The molecule has 6 heteroatoms. The highest BCUT2D eigenvalue weighted by atomic mass is 19.1. The van der Waals surface area contributed by atoms with Crippen molar-refractivity contribution in [2.45, 2.75) is 13.2 Å². The fourth-order valence-electron chi connectivity index (χ4n) is 2.61. The van der Waals surface area contributed by atoms with E-state index in [1.54, 1.807) is 37.7 Å². The number of aromatic nitrogens is 1. The first-order valence-electron chi connectivity index (χ1n) is 9.04. The predicted molar refractivity (Wildman–Crippen MR) is 109 cm³/mol. The van der Waals surface area contributed by atoms with Crippen LogP contribution in [0.4, 0.5) is 4.39 Å². The van der Waals surface area contributed by atoms with Crippen molar-refractivity contribution in [1.29, 1.82) is 0 Å². The van der Waals surface area contributed by atoms with E-state index in [9.17, 15) is 9.18 Å². The molecule has 1 amide bonds. The number of carbonyl (C=O) groups is 1. The van der Waals surface area contributed by atoms with Gasteiger partial charge in [0.15, 0.2) is 11.5 Å². The largest absolute Gasteiger partial charge is 0.493 e. The fraction of sp³-hybridized carbons (Fsp3) is 0.130. The van der Waals surface area contributed by atoms with E-state index >= 15 is 0 Å². The zero-order valence-corrected chi connectivity index (χ0v) is 16.0. The van der Waals surface area contributed by atoms with Crippen LogP contribution in [-0.4, -0.2) is 18.0 Å². The van der Waals surface area contributed by atoms with E-state index < -0.39 is 0 Å². The molecular formula is C23H21FN2O3. The second kappa shape index (κ2) is 10.0. The summed E-state index contributed by atoms with van der Waals surface area (Å²) in [6.45, 7) is 0.729. The lowest BCUT2D eigenvalue weighted by molar-refractivity contribution is -0.116. The average molecular weight is 392 g/mol. The minimum absolute atomic E-state index is 0.272. The summed E-state index contributed by atoms with van der Waals surface area (Å²) in [4.78, 5) is 16.0. The third-order valence-corrected chi connectivity index (χ3v) is 4.11. The highest BCUT2D eigenvalue weighted by Crippen LogP contribution is 2.28. The maximum absolute atomic E-state index is 13.2. The monoisotopic (exact) mass is 392 g/mol. The molecule has 0 saturated carbocycles. The highest BCUT2D eigenvalue weighted by molar-refractivity contribution is 5.91. The maximum Gasteiger partial charge on any atom is 0.244 e. The van der Waals surface area contributed by atoms with Gasteiger partial charge in [-0.25, -0.2) is 4.39 Å². The first-order chi connectivity index (χ1) is 14.1. The van der Waals surface area contributed by atoms with Gasteiger partial charge in [0.05, 0.1) is 7.11 Å². The summed E-state index contributed by atoms with van der Waals surface area (Å²) in [6, 6.07) is 15.3. The summed E-state index contributed by atoms with van der Waals surface area (Å²) in [6.07, 6.45) is 6.36. The normalized spacial score (nSPS) is 10.7. The number of amides is 1. The number of pyridine rings is 1. The van der Waals surface area contributed by atoms with Gasteiger partial charge in [0.1, 0.15) is 12.4 Å². The molecule has 2 aromatic carbocycles. The summed E-state index contributed by atoms with van der Waals surface area (Å²) in [5.41, 5.74) is 2.49. The molecular weight excluding hydrogens is 371 g/mol. The van der Waals surface area contributed by atoms with Crippen LogP contribution in [0.1, 0.15) is 16.7 Å². The minimum Gasteiger partial charge on any atom is -0.493 e. The summed E-state index contributed by atoms with van der Waals surface area (Å²) in [5.74, 6) is 0.587. The Morgan fingerprint density at radius 3 is 2.66 bits per heavy atom. The minimum atomic E-state index is -0.342. The lowest BCUT2D eigenvalue weighted by atomic mass is 10.2. The van der Waals surface area contributed by atoms with Gasteiger partial charge in [0, 0.05) is 25.0 Å². The van der Waals surface area contributed by atoms with Crippen LogP contribution in [0.15, 0.2) is 73.1 Å². The summed E-state index contributed by atoms with van der Waals surface area (Å²) < 4.78 is 24.4. The van der Waals surface area contributed by atoms with Crippen molar-refractivity contribution in [3.8, 4) is 11.5 Å². The van der Waals surface area contributed by atoms with Gasteiger partial charge < -0.3 is 14.8 Å². The van der Waals surface area contributed by atoms with Crippen LogP contribution >= 0.6 is 0 Å². The molecule has 29 heavy (non-hydrogen) atoms. The quantitative estimate of drug-likeness (QED) is 0.586. The molecule has 3 rings (SSSR count). The van der Waals surface area contributed by atoms with Crippen molar-refractivity contribution >= 4 is 12.0 Å². The number of carbonyl (C=O) groups excluding carboxylic acids is 1. The van der Waals surface area contributed by atoms with Crippen molar-refractivity contribution in [3.63, 3.8) is 0 Å². The number of benzene rings is 2. The van der Waals surface area contributed by atoms with Gasteiger partial charge in [-0.15, -0.1) is 0 Å². The average Bonchev–Trinajstić information content (AvgIpc) is 2.75. The van der Waals surface area contributed by atoms with Crippen LogP contribution in [0.25, 0.3) is 6.08 Å². The Labute approximate surface area is 168 Å². The van der Waals surface area contributed by atoms with Crippen molar-refractivity contribution in [2.75, 3.05) is 7.11 Å². The van der Waals surface area contributed by atoms with Gasteiger partial charge in [-0.1, -0.05) is 18.2 Å². The number of nitrogens with zero attached hydrogens (tertiary/aromatic N) is 1. The van der Waals surface area contributed by atoms with Gasteiger partial charge >= 0.3 is 0 Å². The van der Waals surface area contributed by atoms with Gasteiger partial charge in [0.25, 0.3) is 0 Å². The first kappa shape index (κ1) is 20.1. The zero-order valence-electron chi connectivity index (χ0n) is 16.0. The molecule has 0 aliphatic rings. The van der Waals surface area contributed by atoms with Gasteiger partial charge in [-0.2, -0.15) is 0 Å². The molecule has 0 radical (unpaired) electrons. The Morgan fingerprint density at radius 1 is 1.07 bits per heavy atom. The van der Waals surface area contributed by atoms with E-state index in [1.807, 2.05) is 30.3 Å². The van der Waals surface area contributed by atoms with Crippen LogP contribution in [0.2, 0.25) is 0 Å². The number of ether oxygens (including phenoxy) is 2. The Bertz CT molecular complexity index is 990. The second-order valence-corrected chi connectivity index (χ2v) is 6.24. The fourth-order valence-corrected chi connectivity index (χ4v) is 2.61. The Morgan fingerprint density at radius 2 is 1.90 bits per heavy atom. The van der Waals surface area contributed by atoms with Crippen molar-refractivity contribution < 1.29 is 18.7 Å². The number of hydrogen-bond donors (Lipinski definition) is 1. The molecule has 0 aliphatic carbocycles. The van der Waals surface area contributed by atoms with Crippen LogP contribution in [0.5, 0.6) is 11.5 Å². The molecule has 1 aromatic heterocycles. The number of methoxy groups -OCH3 is 1. The van der Waals surface area contributed by atoms with E-state index in [0.29, 0.717) is 30.2 Å². The van der Waals surface area contributed by atoms with Crippen molar-refractivity contribution in [3.05, 3.63) is 95.6 Å². The van der Waals surface area contributed by atoms with Crippen LogP contribution in [0, 0.1) is 5.82 Å². The number of rotatable bonds is 8. The van der Waals surface area contributed by atoms with E-state index in [2.05, 4.69) is 10.3 Å². The summed E-state index contributed by atoms with van der Waals surface area (Å²) >= 11 is 0. The Balaban J connectivity index is 1.56. The second-order valence-electron chi connectivity index (χ2n) is 6.24. The summed E-state index contributed by atoms with van der Waals surface area (Å²) in [7, 11) is 1.57. The molecule has 0 unspecified atom stereocenters. The lowest BCUT2D eigenvalue weighted by Gasteiger charge is -2.12. The molecule has 1 heterocycles. The molecule has 0 spiro atoms. The summed E-state index contributed by atoms with van der Waals surface area (Å²) in [5, 5.41) is 2.79. The molecule has 1 N–H and O–H groups in total. The molecule has 5 nitrogen and oxygen atoms in total. The van der Waals surface area contributed by atoms with Gasteiger partial charge in [-0.05, 0) is 59.2 Å². The molecule has 0 fully saturated rings. The third kappa shape index (κ3) is 6.17. The maximum atomic E-state index is 13.2. The molecule has 148 valence electrons. The van der Waals surface area contributed by atoms with E-state index in [1.165, 1.54) is 18.2 Å².